The zero-order valence-electron chi connectivity index (χ0n) is 10.3. The van der Waals surface area contributed by atoms with E-state index >= 15 is 0 Å². The van der Waals surface area contributed by atoms with Crippen LogP contribution in [0.5, 0.6) is 0 Å². The number of alkyl halides is 3. The van der Waals surface area contributed by atoms with Gasteiger partial charge in [0.05, 0.1) is 6.61 Å². The highest BCUT2D eigenvalue weighted by Gasteiger charge is 2.27. The van der Waals surface area contributed by atoms with Crippen LogP contribution in [0.25, 0.3) is 10.9 Å². The van der Waals surface area contributed by atoms with Gasteiger partial charge in [0.15, 0.2) is 5.78 Å². The first-order valence-corrected chi connectivity index (χ1v) is 6.19. The molecule has 1 aromatic carbocycles. The largest absolute Gasteiger partial charge is 0.411 e. The van der Waals surface area contributed by atoms with E-state index in [0.717, 1.165) is 5.52 Å². The molecule has 2 rings (SSSR count). The fourth-order valence-corrected chi connectivity index (χ4v) is 1.98. The van der Waals surface area contributed by atoms with Crippen LogP contribution in [0.15, 0.2) is 24.4 Å². The molecule has 0 bridgehead atoms. The van der Waals surface area contributed by atoms with E-state index in [1.807, 2.05) is 0 Å². The Bertz CT molecular complexity index is 622. The van der Waals surface area contributed by atoms with Crippen LogP contribution in [0.1, 0.15) is 16.8 Å². The van der Waals surface area contributed by atoms with Crippen molar-refractivity contribution in [3.63, 3.8) is 0 Å². The number of aromatic nitrogens is 1. The number of benzene rings is 1. The van der Waals surface area contributed by atoms with Gasteiger partial charge >= 0.3 is 6.18 Å². The minimum atomic E-state index is -4.38. The third kappa shape index (κ3) is 3.74. The third-order valence-corrected chi connectivity index (χ3v) is 2.92. The number of rotatable bonds is 5. The predicted molar refractivity (Wildman–Crippen MR) is 69.1 cm³/mol. The number of carbonyl (C=O) groups is 1. The number of H-pyrrole nitrogens is 1. The van der Waals surface area contributed by atoms with Gasteiger partial charge in [-0.3, -0.25) is 4.79 Å². The molecule has 0 atom stereocenters. The van der Waals surface area contributed by atoms with E-state index in [-0.39, 0.29) is 18.8 Å². The Balaban J connectivity index is 1.99. The van der Waals surface area contributed by atoms with Crippen molar-refractivity contribution in [2.24, 2.45) is 0 Å². The van der Waals surface area contributed by atoms with Crippen LogP contribution in [0.4, 0.5) is 13.2 Å². The summed E-state index contributed by atoms with van der Waals surface area (Å²) in [7, 11) is 0. The molecule has 20 heavy (non-hydrogen) atoms. The first-order valence-electron chi connectivity index (χ1n) is 5.81. The van der Waals surface area contributed by atoms with Crippen molar-refractivity contribution >= 4 is 28.3 Å². The van der Waals surface area contributed by atoms with Crippen LogP contribution in [0.3, 0.4) is 0 Å². The highest BCUT2D eigenvalue weighted by Crippen LogP contribution is 2.23. The minimum Gasteiger partial charge on any atom is -0.372 e. The average Bonchev–Trinajstić information content (AvgIpc) is 2.76. The average molecular weight is 306 g/mol. The molecule has 0 spiro atoms. The summed E-state index contributed by atoms with van der Waals surface area (Å²) in [6, 6.07) is 5.05. The van der Waals surface area contributed by atoms with Gasteiger partial charge in [-0.1, -0.05) is 11.6 Å². The molecule has 0 aliphatic rings. The van der Waals surface area contributed by atoms with E-state index in [4.69, 9.17) is 11.6 Å². The predicted octanol–water partition coefficient (Wildman–Crippen LogP) is 3.97. The van der Waals surface area contributed by atoms with Crippen LogP contribution in [0, 0.1) is 0 Å². The molecule has 0 saturated carbocycles. The van der Waals surface area contributed by atoms with Gasteiger partial charge in [-0.15, -0.1) is 0 Å². The van der Waals surface area contributed by atoms with Crippen molar-refractivity contribution in [3.8, 4) is 0 Å². The molecule has 0 fully saturated rings. The van der Waals surface area contributed by atoms with E-state index in [0.29, 0.717) is 16.0 Å². The lowest BCUT2D eigenvalue weighted by molar-refractivity contribution is -0.173. The lowest BCUT2D eigenvalue weighted by atomic mass is 10.1. The second-order valence-electron chi connectivity index (χ2n) is 4.23. The smallest absolute Gasteiger partial charge is 0.372 e. The lowest BCUT2D eigenvalue weighted by Crippen LogP contribution is -2.18. The van der Waals surface area contributed by atoms with Crippen LogP contribution >= 0.6 is 11.6 Å². The van der Waals surface area contributed by atoms with Crippen LogP contribution in [-0.4, -0.2) is 30.2 Å². The minimum absolute atomic E-state index is 0.116. The Kier molecular flexibility index (Phi) is 4.35. The molecule has 0 aliphatic carbocycles. The number of fused-ring (bicyclic) bond motifs is 1. The number of aromatic amines is 1. The summed E-state index contributed by atoms with van der Waals surface area (Å²) in [6.45, 7) is -1.62. The fraction of sp³-hybridized carbons (Fsp3) is 0.308. The number of Topliss-reactive ketones (excluding diaryl/α,β-unsaturated/α-hetero) is 1. The zero-order chi connectivity index (χ0) is 14.8. The highest BCUT2D eigenvalue weighted by atomic mass is 35.5. The Hall–Kier alpha value is -1.53. The van der Waals surface area contributed by atoms with Crippen LogP contribution in [0.2, 0.25) is 5.02 Å². The molecule has 7 heteroatoms. The van der Waals surface area contributed by atoms with Gasteiger partial charge < -0.3 is 9.72 Å². The van der Waals surface area contributed by atoms with Crippen molar-refractivity contribution in [2.45, 2.75) is 12.6 Å². The van der Waals surface area contributed by atoms with Gasteiger partial charge in [0.25, 0.3) is 0 Å². The van der Waals surface area contributed by atoms with Crippen molar-refractivity contribution in [1.82, 2.24) is 4.98 Å². The number of ketones is 1. The number of hydrogen-bond acceptors (Lipinski definition) is 2. The monoisotopic (exact) mass is 305 g/mol. The summed E-state index contributed by atoms with van der Waals surface area (Å²) in [5, 5.41) is 1.14. The molecular formula is C13H11ClF3NO2. The van der Waals surface area contributed by atoms with Gasteiger partial charge in [-0.25, -0.2) is 0 Å². The zero-order valence-corrected chi connectivity index (χ0v) is 11.0. The number of halogens is 4. The molecule has 1 heterocycles. The maximum atomic E-state index is 11.9. The third-order valence-electron chi connectivity index (χ3n) is 2.68. The summed E-state index contributed by atoms with van der Waals surface area (Å²) in [4.78, 5) is 14.8. The number of hydrogen-bond donors (Lipinski definition) is 1. The standard InChI is InChI=1S/C13H11ClF3NO2/c14-8-1-2-11-9(5-8)10(6-18-11)12(19)3-4-20-7-13(15,16)17/h1-2,5-6,18H,3-4,7H2. The Morgan fingerprint density at radius 3 is 2.80 bits per heavy atom. The number of carbonyl (C=O) groups excluding carboxylic acids is 1. The summed E-state index contributed by atoms with van der Waals surface area (Å²) >= 11 is 5.85. The first kappa shape index (κ1) is 14.9. The Labute approximate surface area is 117 Å². The first-order chi connectivity index (χ1) is 9.37. The summed E-state index contributed by atoms with van der Waals surface area (Å²) in [5.74, 6) is -0.291. The van der Waals surface area contributed by atoms with Crippen LogP contribution < -0.4 is 0 Å². The van der Waals surface area contributed by atoms with Crippen molar-refractivity contribution in [3.05, 3.63) is 35.0 Å². The highest BCUT2D eigenvalue weighted by molar-refractivity contribution is 6.31. The molecule has 1 N–H and O–H groups in total. The van der Waals surface area contributed by atoms with E-state index in [1.54, 1.807) is 18.2 Å². The molecular weight excluding hydrogens is 295 g/mol. The van der Waals surface area contributed by atoms with Gasteiger partial charge in [-0.2, -0.15) is 13.2 Å². The van der Waals surface area contributed by atoms with E-state index < -0.39 is 12.8 Å². The number of nitrogens with one attached hydrogen (secondary N) is 1. The molecule has 1 aromatic heterocycles. The summed E-state index contributed by atoms with van der Waals surface area (Å²) < 4.78 is 40.1. The second kappa shape index (κ2) is 5.85. The molecule has 0 radical (unpaired) electrons. The molecule has 0 unspecified atom stereocenters. The van der Waals surface area contributed by atoms with Crippen LogP contribution in [-0.2, 0) is 4.74 Å². The summed E-state index contributed by atoms with van der Waals surface area (Å²) in [5.41, 5.74) is 1.15. The molecule has 3 nitrogen and oxygen atoms in total. The Morgan fingerprint density at radius 1 is 1.35 bits per heavy atom. The van der Waals surface area contributed by atoms with Crippen molar-refractivity contribution in [2.75, 3.05) is 13.2 Å². The fourth-order valence-electron chi connectivity index (χ4n) is 1.81. The normalized spacial score (nSPS) is 12.0. The maximum Gasteiger partial charge on any atom is 0.411 e. The van der Waals surface area contributed by atoms with E-state index in [1.165, 1.54) is 6.20 Å². The quantitative estimate of drug-likeness (QED) is 0.671. The van der Waals surface area contributed by atoms with Gasteiger partial charge in [0, 0.05) is 34.1 Å². The topological polar surface area (TPSA) is 42.1 Å². The molecule has 0 aliphatic heterocycles. The van der Waals surface area contributed by atoms with E-state index in [2.05, 4.69) is 9.72 Å². The van der Waals surface area contributed by atoms with Gasteiger partial charge in [0.2, 0.25) is 0 Å². The molecule has 2 aromatic rings. The van der Waals surface area contributed by atoms with Crippen molar-refractivity contribution < 1.29 is 22.7 Å². The lowest BCUT2D eigenvalue weighted by Gasteiger charge is -2.06. The second-order valence-corrected chi connectivity index (χ2v) is 4.67. The van der Waals surface area contributed by atoms with E-state index in [9.17, 15) is 18.0 Å². The summed E-state index contributed by atoms with van der Waals surface area (Å²) in [6.07, 6.45) is -2.97. The van der Waals surface area contributed by atoms with Gasteiger partial charge in [-0.05, 0) is 18.2 Å². The molecule has 108 valence electrons. The number of ether oxygens (including phenoxy) is 1. The Morgan fingerprint density at radius 2 is 2.10 bits per heavy atom. The SMILES string of the molecule is O=C(CCOCC(F)(F)F)c1c[nH]c2ccc(Cl)cc12. The molecule has 0 amide bonds. The van der Waals surface area contributed by atoms with Gasteiger partial charge in [0.1, 0.15) is 6.61 Å². The van der Waals surface area contributed by atoms with Crippen molar-refractivity contribution in [1.29, 1.82) is 0 Å². The maximum absolute atomic E-state index is 11.9. The molecule has 0 saturated heterocycles.